The van der Waals surface area contributed by atoms with E-state index in [0.29, 0.717) is 9.95 Å². The largest absolute Gasteiger partial charge is 0.334 e. The Bertz CT molecular complexity index is 131. The second kappa shape index (κ2) is 4.93. The number of hydrogen-bond acceptors (Lipinski definition) is 3. The van der Waals surface area contributed by atoms with Crippen LogP contribution in [0, 0.1) is 0 Å². The van der Waals surface area contributed by atoms with Crippen molar-refractivity contribution in [2.45, 2.75) is 13.3 Å². The summed E-state index contributed by atoms with van der Waals surface area (Å²) in [6.45, 7) is 1.69. The van der Waals surface area contributed by atoms with Crippen LogP contribution in [0.3, 0.4) is 0 Å². The number of rotatable bonds is 2. The van der Waals surface area contributed by atoms with Gasteiger partial charge in [0.15, 0.2) is 3.53 Å². The molecule has 5 heteroatoms. The van der Waals surface area contributed by atoms with Crippen LogP contribution in [0.4, 0.5) is 0 Å². The molecule has 3 nitrogen and oxygen atoms in total. The van der Waals surface area contributed by atoms with Crippen LogP contribution in [-0.2, 0) is 9.63 Å². The normalized spacial score (nSPS) is 8.33. The highest BCUT2D eigenvalue weighted by Crippen LogP contribution is 1.99. The fourth-order valence-electron chi connectivity index (χ4n) is 0.150. The maximum Gasteiger partial charge on any atom is 0.334 e. The van der Waals surface area contributed by atoms with Gasteiger partial charge < -0.3 is 4.84 Å². The van der Waals surface area contributed by atoms with Crippen molar-refractivity contribution < 1.29 is 9.63 Å². The van der Waals surface area contributed by atoms with E-state index in [-0.39, 0.29) is 5.97 Å². The number of oxime groups is 1. The first-order valence-electron chi connectivity index (χ1n) is 2.25. The predicted molar refractivity (Wildman–Crippen MR) is 41.7 cm³/mol. The molecule has 0 aliphatic carbocycles. The first-order chi connectivity index (χ1) is 4.16. The minimum atomic E-state index is -0.355. The lowest BCUT2D eigenvalue weighted by molar-refractivity contribution is -0.143. The minimum absolute atomic E-state index is 0.330. The molecule has 9 heavy (non-hydrogen) atoms. The smallest absolute Gasteiger partial charge is 0.317 e. The lowest BCUT2D eigenvalue weighted by Gasteiger charge is -1.89. The Balaban J connectivity index is 3.50. The summed E-state index contributed by atoms with van der Waals surface area (Å²) in [5.41, 5.74) is 0. The van der Waals surface area contributed by atoms with Crippen molar-refractivity contribution in [1.29, 1.82) is 0 Å². The Morgan fingerprint density at radius 1 is 1.67 bits per heavy atom. The molecule has 0 radical (unpaired) electrons. The zero-order valence-corrected chi connectivity index (χ0v) is 7.90. The molecule has 0 amide bonds. The minimum Gasteiger partial charge on any atom is -0.317 e. The first kappa shape index (κ1) is 9.10. The molecule has 0 fully saturated rings. The van der Waals surface area contributed by atoms with Crippen LogP contribution >= 0.6 is 31.9 Å². The van der Waals surface area contributed by atoms with Gasteiger partial charge in [-0.25, -0.2) is 4.79 Å². The molecule has 0 aliphatic heterocycles. The average Bonchev–Trinajstić information content (AvgIpc) is 1.83. The van der Waals surface area contributed by atoms with E-state index in [2.05, 4.69) is 41.9 Å². The third-order valence-electron chi connectivity index (χ3n) is 0.505. The van der Waals surface area contributed by atoms with Crippen molar-refractivity contribution in [2.75, 3.05) is 0 Å². The molecule has 0 saturated heterocycles. The monoisotopic (exact) mass is 257 g/mol. The highest BCUT2D eigenvalue weighted by Gasteiger charge is 1.95. The molecular formula is C4H5Br2NO2. The second-order valence-corrected chi connectivity index (χ2v) is 3.72. The summed E-state index contributed by atoms with van der Waals surface area (Å²) in [6.07, 6.45) is 0.330. The van der Waals surface area contributed by atoms with E-state index in [9.17, 15) is 4.79 Å². The fraction of sp³-hybridized carbons (Fsp3) is 0.500. The number of carbonyl (C=O) groups is 1. The average molecular weight is 259 g/mol. The van der Waals surface area contributed by atoms with Crippen LogP contribution in [0.25, 0.3) is 0 Å². The summed E-state index contributed by atoms with van der Waals surface area (Å²) in [4.78, 5) is 14.7. The summed E-state index contributed by atoms with van der Waals surface area (Å²) in [6, 6.07) is 0. The van der Waals surface area contributed by atoms with E-state index in [1.54, 1.807) is 6.92 Å². The Morgan fingerprint density at radius 2 is 2.22 bits per heavy atom. The number of carbonyl (C=O) groups excluding carboxylic acids is 1. The predicted octanol–water partition coefficient (Wildman–Crippen LogP) is 2.00. The number of hydrogen-bond donors (Lipinski definition) is 0. The maximum atomic E-state index is 10.3. The van der Waals surface area contributed by atoms with Gasteiger partial charge in [-0.05, 0) is 31.9 Å². The highest BCUT2D eigenvalue weighted by atomic mass is 79.9. The quantitative estimate of drug-likeness (QED) is 0.432. The molecule has 0 aliphatic rings. The lowest BCUT2D eigenvalue weighted by atomic mass is 10.5. The standard InChI is InChI=1S/C4H5Br2NO2/c1-2-3(8)9-7-4(5)6/h2H2,1H3. The highest BCUT2D eigenvalue weighted by molar-refractivity contribution is 9.39. The van der Waals surface area contributed by atoms with Gasteiger partial charge in [0, 0.05) is 6.42 Å². The molecule has 0 heterocycles. The molecule has 0 N–H and O–H groups in total. The summed E-state index contributed by atoms with van der Waals surface area (Å²) >= 11 is 5.84. The van der Waals surface area contributed by atoms with E-state index < -0.39 is 0 Å². The molecular weight excluding hydrogens is 254 g/mol. The molecule has 0 saturated carbocycles. The molecule has 0 atom stereocenters. The van der Waals surface area contributed by atoms with Gasteiger partial charge >= 0.3 is 5.97 Å². The maximum absolute atomic E-state index is 10.3. The van der Waals surface area contributed by atoms with Gasteiger partial charge in [0.25, 0.3) is 0 Å². The van der Waals surface area contributed by atoms with Crippen molar-refractivity contribution in [3.8, 4) is 0 Å². The molecule has 0 bridgehead atoms. The van der Waals surface area contributed by atoms with Crippen molar-refractivity contribution in [3.05, 3.63) is 0 Å². The van der Waals surface area contributed by atoms with E-state index in [1.165, 1.54) is 0 Å². The zero-order chi connectivity index (χ0) is 7.28. The SMILES string of the molecule is CCC(=O)ON=C(Br)Br. The van der Waals surface area contributed by atoms with Crippen molar-refractivity contribution >= 4 is 41.4 Å². The molecule has 0 aromatic rings. The Hall–Kier alpha value is 0.100. The molecule has 0 unspecified atom stereocenters. The topological polar surface area (TPSA) is 38.7 Å². The van der Waals surface area contributed by atoms with Crippen LogP contribution in [0.2, 0.25) is 0 Å². The molecule has 0 spiro atoms. The van der Waals surface area contributed by atoms with E-state index in [0.717, 1.165) is 0 Å². The van der Waals surface area contributed by atoms with Crippen LogP contribution in [-0.4, -0.2) is 9.50 Å². The Labute approximate surface area is 69.7 Å². The van der Waals surface area contributed by atoms with Gasteiger partial charge in [-0.15, -0.1) is 0 Å². The van der Waals surface area contributed by atoms with Gasteiger partial charge in [0.2, 0.25) is 0 Å². The summed E-state index contributed by atoms with van der Waals surface area (Å²) in [7, 11) is 0. The van der Waals surface area contributed by atoms with Crippen LogP contribution in [0.1, 0.15) is 13.3 Å². The van der Waals surface area contributed by atoms with Crippen molar-refractivity contribution in [1.82, 2.24) is 0 Å². The molecule has 52 valence electrons. The third-order valence-corrected chi connectivity index (χ3v) is 0.795. The van der Waals surface area contributed by atoms with Gasteiger partial charge in [-0.3, -0.25) is 0 Å². The summed E-state index contributed by atoms with van der Waals surface area (Å²) < 4.78 is 0.372. The van der Waals surface area contributed by atoms with Crippen LogP contribution < -0.4 is 0 Å². The lowest BCUT2D eigenvalue weighted by Crippen LogP contribution is -1.96. The molecule has 0 aromatic carbocycles. The Morgan fingerprint density at radius 3 is 2.56 bits per heavy atom. The van der Waals surface area contributed by atoms with Gasteiger partial charge in [-0.2, -0.15) is 0 Å². The summed E-state index contributed by atoms with van der Waals surface area (Å²) in [5, 5.41) is 3.30. The van der Waals surface area contributed by atoms with Crippen molar-refractivity contribution in [3.63, 3.8) is 0 Å². The van der Waals surface area contributed by atoms with E-state index in [4.69, 9.17) is 0 Å². The van der Waals surface area contributed by atoms with E-state index in [1.807, 2.05) is 0 Å². The van der Waals surface area contributed by atoms with Gasteiger partial charge in [0.05, 0.1) is 0 Å². The third kappa shape index (κ3) is 5.98. The van der Waals surface area contributed by atoms with E-state index >= 15 is 0 Å². The fourth-order valence-corrected chi connectivity index (χ4v) is 0.295. The zero-order valence-electron chi connectivity index (χ0n) is 4.73. The van der Waals surface area contributed by atoms with Crippen LogP contribution in [0.5, 0.6) is 0 Å². The molecule has 0 rings (SSSR count). The number of halogens is 2. The number of nitrogens with zero attached hydrogens (tertiary/aromatic N) is 1. The van der Waals surface area contributed by atoms with Crippen LogP contribution in [0.15, 0.2) is 5.16 Å². The first-order valence-corrected chi connectivity index (χ1v) is 3.84. The van der Waals surface area contributed by atoms with Gasteiger partial charge in [-0.1, -0.05) is 12.1 Å². The summed E-state index contributed by atoms with van der Waals surface area (Å²) in [5.74, 6) is -0.355. The Kier molecular flexibility index (Phi) is 4.99. The van der Waals surface area contributed by atoms with Gasteiger partial charge in [0.1, 0.15) is 0 Å². The molecule has 0 aromatic heterocycles. The second-order valence-electron chi connectivity index (χ2n) is 1.15. The van der Waals surface area contributed by atoms with Crippen molar-refractivity contribution in [2.24, 2.45) is 5.16 Å².